The van der Waals surface area contributed by atoms with E-state index >= 15 is 0 Å². The predicted octanol–water partition coefficient (Wildman–Crippen LogP) is -1.44. The molecule has 0 saturated heterocycles. The van der Waals surface area contributed by atoms with Crippen LogP contribution in [-0.4, -0.2) is 12.6 Å². The van der Waals surface area contributed by atoms with Crippen molar-refractivity contribution in [3.63, 3.8) is 0 Å². The van der Waals surface area contributed by atoms with E-state index in [-0.39, 0.29) is 57.8 Å². The Morgan fingerprint density at radius 2 is 2.19 bits per heavy atom. The number of rotatable bonds is 5. The molecule has 0 saturated carbocycles. The van der Waals surface area contributed by atoms with Gasteiger partial charge in [0.25, 0.3) is 0 Å². The number of carbonyl (C=O) groups is 1. The minimum atomic E-state index is -1.05. The van der Waals surface area contributed by atoms with E-state index in [4.69, 9.17) is 16.3 Å². The molecule has 0 heterocycles. The van der Waals surface area contributed by atoms with Crippen molar-refractivity contribution in [1.29, 1.82) is 0 Å². The summed E-state index contributed by atoms with van der Waals surface area (Å²) in [5.41, 5.74) is 0.979. The second-order valence-electron chi connectivity index (χ2n) is 3.23. The average molecular weight is 267 g/mol. The van der Waals surface area contributed by atoms with Crippen LogP contribution in [0.4, 0.5) is 0 Å². The number of ether oxygens (including phenoxy) is 1. The average Bonchev–Trinajstić information content (AvgIpc) is 2.17. The normalized spacial score (nSPS) is 9.38. The third kappa shape index (κ3) is 6.23. The first-order valence-electron chi connectivity index (χ1n) is 4.68. The van der Waals surface area contributed by atoms with Gasteiger partial charge in [-0.05, 0) is 37.5 Å². The largest absolute Gasteiger partial charge is 1.00 e. The quantitative estimate of drug-likeness (QED) is 0.485. The molecule has 0 spiro atoms. The number of aliphatic carboxylic acids is 1. The zero-order valence-corrected chi connectivity index (χ0v) is 13.3. The van der Waals surface area contributed by atoms with Gasteiger partial charge in [0.1, 0.15) is 5.75 Å². The summed E-state index contributed by atoms with van der Waals surface area (Å²) >= 11 is 5.80. The van der Waals surface area contributed by atoms with Gasteiger partial charge in [0.2, 0.25) is 0 Å². The molecule has 16 heavy (non-hydrogen) atoms. The maximum atomic E-state index is 10.1. The van der Waals surface area contributed by atoms with E-state index in [1.54, 1.807) is 12.1 Å². The van der Waals surface area contributed by atoms with E-state index in [1.165, 1.54) is 0 Å². The molecule has 0 N–H and O–H groups in total. The maximum Gasteiger partial charge on any atom is 1.00 e. The van der Waals surface area contributed by atoms with Gasteiger partial charge >= 0.3 is 51.4 Å². The molecule has 0 aliphatic carbocycles. The van der Waals surface area contributed by atoms with Crippen LogP contribution in [0, 0.1) is 6.92 Å². The SMILES string of the molecule is Cc1ccc(Cl)cc1OCCCC(=O)[O-].[K+]. The molecule has 0 atom stereocenters. The van der Waals surface area contributed by atoms with E-state index < -0.39 is 5.97 Å². The van der Waals surface area contributed by atoms with Gasteiger partial charge in [-0.1, -0.05) is 17.7 Å². The number of hydrogen-bond donors (Lipinski definition) is 0. The zero-order chi connectivity index (χ0) is 11.3. The fraction of sp³-hybridized carbons (Fsp3) is 0.364. The molecule has 0 aromatic heterocycles. The van der Waals surface area contributed by atoms with Gasteiger partial charge in [-0.15, -0.1) is 0 Å². The van der Waals surface area contributed by atoms with E-state index in [0.717, 1.165) is 5.56 Å². The second kappa shape index (κ2) is 8.50. The van der Waals surface area contributed by atoms with Gasteiger partial charge in [0.15, 0.2) is 0 Å². The molecule has 1 aromatic rings. The van der Waals surface area contributed by atoms with Crippen LogP contribution in [0.5, 0.6) is 5.75 Å². The minimum absolute atomic E-state index is 0. The van der Waals surface area contributed by atoms with Crippen molar-refractivity contribution in [2.75, 3.05) is 6.61 Å². The van der Waals surface area contributed by atoms with Crippen LogP contribution in [0.15, 0.2) is 18.2 Å². The summed E-state index contributed by atoms with van der Waals surface area (Å²) in [5.74, 6) is -0.359. The van der Waals surface area contributed by atoms with E-state index in [2.05, 4.69) is 0 Å². The Labute approximate surface area is 143 Å². The number of carboxylic acids is 1. The third-order valence-corrected chi connectivity index (χ3v) is 2.17. The Morgan fingerprint density at radius 1 is 1.50 bits per heavy atom. The molecule has 5 heteroatoms. The first-order chi connectivity index (χ1) is 7.09. The van der Waals surface area contributed by atoms with Crippen molar-refractivity contribution in [2.45, 2.75) is 19.8 Å². The molecule has 82 valence electrons. The van der Waals surface area contributed by atoms with E-state index in [1.807, 2.05) is 13.0 Å². The molecule has 0 aliphatic heterocycles. The van der Waals surface area contributed by atoms with Crippen molar-refractivity contribution >= 4 is 17.6 Å². The zero-order valence-electron chi connectivity index (χ0n) is 9.46. The van der Waals surface area contributed by atoms with Crippen molar-refractivity contribution < 1.29 is 66.0 Å². The molecule has 0 amide bonds. The van der Waals surface area contributed by atoms with Gasteiger partial charge in [-0.3, -0.25) is 0 Å². The molecule has 0 radical (unpaired) electrons. The van der Waals surface area contributed by atoms with Crippen LogP contribution >= 0.6 is 11.6 Å². The van der Waals surface area contributed by atoms with Crippen LogP contribution in [0.25, 0.3) is 0 Å². The number of halogens is 1. The fourth-order valence-electron chi connectivity index (χ4n) is 1.13. The third-order valence-electron chi connectivity index (χ3n) is 1.93. The Kier molecular flexibility index (Phi) is 8.72. The maximum absolute atomic E-state index is 10.1. The number of aryl methyl sites for hydroxylation is 1. The minimum Gasteiger partial charge on any atom is -0.550 e. The van der Waals surface area contributed by atoms with Gasteiger partial charge in [0.05, 0.1) is 6.61 Å². The fourth-order valence-corrected chi connectivity index (χ4v) is 1.29. The van der Waals surface area contributed by atoms with Crippen molar-refractivity contribution in [3.8, 4) is 5.75 Å². The molecular formula is C11H12ClKO3. The molecule has 0 aliphatic rings. The van der Waals surface area contributed by atoms with Crippen LogP contribution in [0.3, 0.4) is 0 Å². The number of hydrogen-bond acceptors (Lipinski definition) is 3. The van der Waals surface area contributed by atoms with Crippen LogP contribution in [0.1, 0.15) is 18.4 Å². The number of benzene rings is 1. The smallest absolute Gasteiger partial charge is 0.550 e. The predicted molar refractivity (Wildman–Crippen MR) is 55.9 cm³/mol. The summed E-state index contributed by atoms with van der Waals surface area (Å²) in [5, 5.41) is 10.8. The summed E-state index contributed by atoms with van der Waals surface area (Å²) in [6.07, 6.45) is 0.452. The molecule has 3 nitrogen and oxygen atoms in total. The first-order valence-corrected chi connectivity index (χ1v) is 5.06. The monoisotopic (exact) mass is 266 g/mol. The van der Waals surface area contributed by atoms with Crippen LogP contribution in [-0.2, 0) is 4.79 Å². The van der Waals surface area contributed by atoms with Gasteiger partial charge in [0, 0.05) is 11.0 Å². The van der Waals surface area contributed by atoms with Gasteiger partial charge in [-0.2, -0.15) is 0 Å². The topological polar surface area (TPSA) is 49.4 Å². The molecule has 1 aromatic carbocycles. The summed E-state index contributed by atoms with van der Waals surface area (Å²) in [6.45, 7) is 2.26. The molecule has 0 unspecified atom stereocenters. The molecule has 0 fully saturated rings. The van der Waals surface area contributed by atoms with Crippen molar-refractivity contribution in [1.82, 2.24) is 0 Å². The summed E-state index contributed by atoms with van der Waals surface area (Å²) < 4.78 is 5.39. The first kappa shape index (κ1) is 16.4. The van der Waals surface area contributed by atoms with E-state index in [0.29, 0.717) is 23.8 Å². The van der Waals surface area contributed by atoms with E-state index in [9.17, 15) is 9.90 Å². The summed E-state index contributed by atoms with van der Waals surface area (Å²) in [7, 11) is 0. The number of carboxylic acid groups (broad SMARTS) is 1. The number of carbonyl (C=O) groups excluding carboxylic acids is 1. The molecular weight excluding hydrogens is 255 g/mol. The second-order valence-corrected chi connectivity index (χ2v) is 3.67. The Morgan fingerprint density at radius 3 is 2.81 bits per heavy atom. The Bertz CT molecular complexity index is 355. The van der Waals surface area contributed by atoms with Gasteiger partial charge in [-0.25, -0.2) is 0 Å². The van der Waals surface area contributed by atoms with Crippen LogP contribution < -0.4 is 61.2 Å². The summed E-state index contributed by atoms with van der Waals surface area (Å²) in [4.78, 5) is 10.1. The molecule has 1 rings (SSSR count). The molecule has 0 bridgehead atoms. The standard InChI is InChI=1S/C11H13ClO3.K/c1-8-4-5-9(12)7-10(8)15-6-2-3-11(13)14;/h4-5,7H,2-3,6H2,1H3,(H,13,14);/q;+1/p-1. The van der Waals surface area contributed by atoms with Crippen LogP contribution in [0.2, 0.25) is 5.02 Å². The van der Waals surface area contributed by atoms with Gasteiger partial charge < -0.3 is 14.6 Å². The van der Waals surface area contributed by atoms with Crippen molar-refractivity contribution in [2.24, 2.45) is 0 Å². The Balaban J connectivity index is 0.00000225. The Hall–Kier alpha value is 0.416. The summed E-state index contributed by atoms with van der Waals surface area (Å²) in [6, 6.07) is 5.36. The van der Waals surface area contributed by atoms with Crippen molar-refractivity contribution in [3.05, 3.63) is 28.8 Å².